The molecule has 0 aliphatic rings. The molecule has 1 amide bonds. The van der Waals surface area contributed by atoms with Crippen molar-refractivity contribution in [2.75, 3.05) is 39.2 Å². The largest absolute Gasteiger partial charge is 0.357 e. The van der Waals surface area contributed by atoms with Gasteiger partial charge in [0.2, 0.25) is 0 Å². The van der Waals surface area contributed by atoms with Crippen LogP contribution in [0.4, 0.5) is 0 Å². The lowest BCUT2D eigenvalue weighted by Crippen LogP contribution is -2.39. The van der Waals surface area contributed by atoms with Crippen molar-refractivity contribution in [3.8, 4) is 0 Å². The smallest absolute Gasteiger partial charge is 0.253 e. The molecule has 0 spiro atoms. The van der Waals surface area contributed by atoms with Crippen LogP contribution in [-0.2, 0) is 16.4 Å². The summed E-state index contributed by atoms with van der Waals surface area (Å²) in [7, 11) is 0.424. The second kappa shape index (κ2) is 11.3. The van der Waals surface area contributed by atoms with Crippen molar-refractivity contribution in [3.05, 3.63) is 35.4 Å². The number of hydrogen-bond acceptors (Lipinski definition) is 4. The number of aliphatic imine (C=N–C) groups is 1. The standard InChI is InChI=1S/C16H26N4O3S.HI/c1-5-17-16(18-10-11-24(4,22)23)19-12-13-6-8-14(9-7-13)15(21)20(2)3;/h6-9H,5,10-12H2,1-4H3,(H2,17,18,19);1H. The molecule has 0 atom stereocenters. The first kappa shape index (κ1) is 23.6. The third-order valence-electron chi connectivity index (χ3n) is 3.14. The van der Waals surface area contributed by atoms with Crippen molar-refractivity contribution in [2.24, 2.45) is 4.99 Å². The highest BCUT2D eigenvalue weighted by molar-refractivity contribution is 14.0. The van der Waals surface area contributed by atoms with Gasteiger partial charge >= 0.3 is 0 Å². The Morgan fingerprint density at radius 1 is 1.16 bits per heavy atom. The minimum Gasteiger partial charge on any atom is -0.357 e. The van der Waals surface area contributed by atoms with Crippen LogP contribution in [0, 0.1) is 0 Å². The van der Waals surface area contributed by atoms with Crippen LogP contribution < -0.4 is 10.6 Å². The van der Waals surface area contributed by atoms with Crippen LogP contribution in [0.2, 0.25) is 0 Å². The zero-order valence-electron chi connectivity index (χ0n) is 15.1. The van der Waals surface area contributed by atoms with E-state index in [0.29, 0.717) is 31.2 Å². The summed E-state index contributed by atoms with van der Waals surface area (Å²) in [5, 5.41) is 6.06. The molecule has 0 aromatic heterocycles. The van der Waals surface area contributed by atoms with Crippen LogP contribution in [0.15, 0.2) is 29.3 Å². The molecular weight excluding hydrogens is 455 g/mol. The van der Waals surface area contributed by atoms with Crippen molar-refractivity contribution in [1.29, 1.82) is 0 Å². The van der Waals surface area contributed by atoms with E-state index in [2.05, 4.69) is 15.6 Å². The van der Waals surface area contributed by atoms with Gasteiger partial charge in [-0.25, -0.2) is 13.4 Å². The van der Waals surface area contributed by atoms with Gasteiger partial charge in [-0.3, -0.25) is 4.79 Å². The van der Waals surface area contributed by atoms with Crippen molar-refractivity contribution in [2.45, 2.75) is 13.5 Å². The van der Waals surface area contributed by atoms with E-state index >= 15 is 0 Å². The van der Waals surface area contributed by atoms with Crippen molar-refractivity contribution >= 4 is 45.7 Å². The number of benzene rings is 1. The summed E-state index contributed by atoms with van der Waals surface area (Å²) in [6.45, 7) is 3.36. The Morgan fingerprint density at radius 2 is 1.76 bits per heavy atom. The quantitative estimate of drug-likeness (QED) is 0.345. The summed E-state index contributed by atoms with van der Waals surface area (Å²) in [5.41, 5.74) is 1.59. The van der Waals surface area contributed by atoms with E-state index in [1.54, 1.807) is 26.2 Å². The molecule has 0 aliphatic heterocycles. The Bertz CT molecular complexity index is 673. The first-order valence-electron chi connectivity index (χ1n) is 7.73. The van der Waals surface area contributed by atoms with Gasteiger partial charge in [-0.1, -0.05) is 12.1 Å². The lowest BCUT2D eigenvalue weighted by Gasteiger charge is -2.11. The molecule has 2 N–H and O–H groups in total. The SMILES string of the molecule is CCNC(=NCc1ccc(C(=O)N(C)C)cc1)NCCS(C)(=O)=O.I. The van der Waals surface area contributed by atoms with Gasteiger partial charge in [-0.05, 0) is 24.6 Å². The summed E-state index contributed by atoms with van der Waals surface area (Å²) in [6, 6.07) is 7.27. The Labute approximate surface area is 167 Å². The number of carbonyl (C=O) groups excluding carboxylic acids is 1. The van der Waals surface area contributed by atoms with Gasteiger partial charge in [0.1, 0.15) is 9.84 Å². The van der Waals surface area contributed by atoms with E-state index in [0.717, 1.165) is 5.56 Å². The molecule has 0 radical (unpaired) electrons. The van der Waals surface area contributed by atoms with Crippen LogP contribution in [0.25, 0.3) is 0 Å². The maximum atomic E-state index is 11.8. The Hall–Kier alpha value is -1.36. The molecule has 7 nitrogen and oxygen atoms in total. The van der Waals surface area contributed by atoms with Gasteiger partial charge < -0.3 is 15.5 Å². The van der Waals surface area contributed by atoms with E-state index in [-0.39, 0.29) is 35.6 Å². The van der Waals surface area contributed by atoms with Crippen molar-refractivity contribution in [3.63, 3.8) is 0 Å². The number of carbonyl (C=O) groups is 1. The number of sulfone groups is 1. The highest BCUT2D eigenvalue weighted by Crippen LogP contribution is 2.07. The van der Waals surface area contributed by atoms with Crippen molar-refractivity contribution in [1.82, 2.24) is 15.5 Å². The van der Waals surface area contributed by atoms with E-state index in [1.165, 1.54) is 11.2 Å². The third-order valence-corrected chi connectivity index (χ3v) is 4.08. The molecule has 0 fully saturated rings. The molecule has 1 aromatic carbocycles. The predicted molar refractivity (Wildman–Crippen MR) is 112 cm³/mol. The van der Waals surface area contributed by atoms with Gasteiger partial charge in [-0.2, -0.15) is 0 Å². The second-order valence-electron chi connectivity index (χ2n) is 5.65. The molecular formula is C16H27IN4O3S. The number of halogens is 1. The topological polar surface area (TPSA) is 90.9 Å². The van der Waals surface area contributed by atoms with Gasteiger partial charge in [0.05, 0.1) is 12.3 Å². The number of amides is 1. The lowest BCUT2D eigenvalue weighted by molar-refractivity contribution is 0.0827. The lowest BCUT2D eigenvalue weighted by atomic mass is 10.1. The molecule has 0 aliphatic carbocycles. The van der Waals surface area contributed by atoms with E-state index in [9.17, 15) is 13.2 Å². The zero-order valence-corrected chi connectivity index (χ0v) is 18.2. The molecule has 25 heavy (non-hydrogen) atoms. The summed E-state index contributed by atoms with van der Waals surface area (Å²) in [4.78, 5) is 17.8. The normalized spacial score (nSPS) is 11.4. The Balaban J connectivity index is 0.00000576. The summed E-state index contributed by atoms with van der Waals surface area (Å²) < 4.78 is 22.3. The number of rotatable bonds is 7. The molecule has 0 saturated heterocycles. The number of hydrogen-bond donors (Lipinski definition) is 2. The second-order valence-corrected chi connectivity index (χ2v) is 7.91. The van der Waals surface area contributed by atoms with Crippen LogP contribution in [0.1, 0.15) is 22.8 Å². The predicted octanol–water partition coefficient (Wildman–Crippen LogP) is 1.11. The third kappa shape index (κ3) is 9.63. The maximum absolute atomic E-state index is 11.8. The maximum Gasteiger partial charge on any atom is 0.253 e. The highest BCUT2D eigenvalue weighted by Gasteiger charge is 2.07. The average Bonchev–Trinajstić information content (AvgIpc) is 2.51. The molecule has 9 heteroatoms. The summed E-state index contributed by atoms with van der Waals surface area (Å²) >= 11 is 0. The number of nitrogens with zero attached hydrogens (tertiary/aromatic N) is 2. The van der Waals surface area contributed by atoms with E-state index in [1.807, 2.05) is 19.1 Å². The zero-order chi connectivity index (χ0) is 18.2. The van der Waals surface area contributed by atoms with Gasteiger partial charge in [0.25, 0.3) is 5.91 Å². The number of guanidine groups is 1. The molecule has 0 unspecified atom stereocenters. The molecule has 0 heterocycles. The van der Waals surface area contributed by atoms with Crippen LogP contribution in [0.5, 0.6) is 0 Å². The van der Waals surface area contributed by atoms with E-state index in [4.69, 9.17) is 0 Å². The van der Waals surface area contributed by atoms with Crippen LogP contribution in [0.3, 0.4) is 0 Å². The molecule has 1 rings (SSSR count). The average molecular weight is 482 g/mol. The fourth-order valence-corrected chi connectivity index (χ4v) is 2.35. The first-order chi connectivity index (χ1) is 11.2. The van der Waals surface area contributed by atoms with Gasteiger partial charge in [0.15, 0.2) is 5.96 Å². The molecule has 0 bridgehead atoms. The Kier molecular flexibility index (Phi) is 10.7. The fourth-order valence-electron chi connectivity index (χ4n) is 1.88. The summed E-state index contributed by atoms with van der Waals surface area (Å²) in [5.74, 6) is 0.578. The van der Waals surface area contributed by atoms with Crippen LogP contribution >= 0.6 is 24.0 Å². The summed E-state index contributed by atoms with van der Waals surface area (Å²) in [6.07, 6.45) is 1.20. The van der Waals surface area contributed by atoms with E-state index < -0.39 is 9.84 Å². The molecule has 1 aromatic rings. The monoisotopic (exact) mass is 482 g/mol. The first-order valence-corrected chi connectivity index (χ1v) is 9.79. The van der Waals surface area contributed by atoms with Crippen LogP contribution in [-0.4, -0.2) is 64.4 Å². The van der Waals surface area contributed by atoms with Crippen molar-refractivity contribution < 1.29 is 13.2 Å². The minimum absolute atomic E-state index is 0. The highest BCUT2D eigenvalue weighted by atomic mass is 127. The molecule has 142 valence electrons. The van der Waals surface area contributed by atoms with Gasteiger partial charge in [-0.15, -0.1) is 24.0 Å². The minimum atomic E-state index is -3.00. The van der Waals surface area contributed by atoms with Gasteiger partial charge in [0, 0.05) is 39.0 Å². The molecule has 0 saturated carbocycles. The number of nitrogens with one attached hydrogen (secondary N) is 2. The fraction of sp³-hybridized carbons (Fsp3) is 0.500. The Morgan fingerprint density at radius 3 is 2.24 bits per heavy atom.